The number of anilines is 1. The molecule has 0 unspecified atom stereocenters. The molecular weight excluding hydrogens is 323 g/mol. The van der Waals surface area contributed by atoms with Gasteiger partial charge in [-0.15, -0.1) is 10.2 Å². The third-order valence-electron chi connectivity index (χ3n) is 2.19. The summed E-state index contributed by atoms with van der Waals surface area (Å²) in [6.45, 7) is -0.197. The molecule has 9 heteroatoms. The zero-order valence-electron chi connectivity index (χ0n) is 9.89. The van der Waals surface area contributed by atoms with Gasteiger partial charge in [-0.1, -0.05) is 34.5 Å². The van der Waals surface area contributed by atoms with Gasteiger partial charge >= 0.3 is 0 Å². The van der Waals surface area contributed by atoms with Crippen LogP contribution in [0.5, 0.6) is 0 Å². The van der Waals surface area contributed by atoms with Crippen molar-refractivity contribution in [3.05, 3.63) is 39.3 Å². The van der Waals surface area contributed by atoms with Gasteiger partial charge in [-0.05, 0) is 18.2 Å². The molecule has 0 aliphatic rings. The van der Waals surface area contributed by atoms with E-state index < -0.39 is 11.8 Å². The first-order valence-electron chi connectivity index (χ1n) is 5.35. The Labute approximate surface area is 128 Å². The fourth-order valence-corrected chi connectivity index (χ4v) is 2.28. The average molecular weight is 331 g/mol. The Hall–Kier alpha value is -1.70. The molecule has 2 rings (SSSR count). The third kappa shape index (κ3) is 3.89. The lowest BCUT2D eigenvalue weighted by Crippen LogP contribution is -2.33. The number of carbonyl (C=O) groups excluding carboxylic acids is 2. The van der Waals surface area contributed by atoms with Crippen LogP contribution in [-0.2, 0) is 4.79 Å². The molecule has 2 N–H and O–H groups in total. The van der Waals surface area contributed by atoms with Crippen molar-refractivity contribution in [2.45, 2.75) is 0 Å². The van der Waals surface area contributed by atoms with Crippen molar-refractivity contribution in [2.75, 3.05) is 11.9 Å². The lowest BCUT2D eigenvalue weighted by Gasteiger charge is -2.06. The fourth-order valence-electron chi connectivity index (χ4n) is 1.32. The smallest absolute Gasteiger partial charge is 0.253 e. The molecule has 0 fully saturated rings. The highest BCUT2D eigenvalue weighted by Gasteiger charge is 2.12. The van der Waals surface area contributed by atoms with Gasteiger partial charge in [-0.3, -0.25) is 14.9 Å². The maximum Gasteiger partial charge on any atom is 0.253 e. The SMILES string of the molecule is O=C(CNC(=O)c1ccc(Cl)cc1Cl)Nc1nncs1. The number of carbonyl (C=O) groups is 2. The summed E-state index contributed by atoms with van der Waals surface area (Å²) in [5.74, 6) is -0.862. The van der Waals surface area contributed by atoms with Gasteiger partial charge in [0.25, 0.3) is 5.91 Å². The van der Waals surface area contributed by atoms with Crippen molar-refractivity contribution in [3.63, 3.8) is 0 Å². The minimum absolute atomic E-state index is 0.197. The van der Waals surface area contributed by atoms with Crippen LogP contribution >= 0.6 is 34.5 Å². The van der Waals surface area contributed by atoms with Crippen LogP contribution in [0.4, 0.5) is 5.13 Å². The fraction of sp³-hybridized carbons (Fsp3) is 0.0909. The minimum atomic E-state index is -0.459. The third-order valence-corrected chi connectivity index (χ3v) is 3.35. The Bertz CT molecular complexity index is 633. The first kappa shape index (κ1) is 14.7. The molecule has 0 radical (unpaired) electrons. The second-order valence-corrected chi connectivity index (χ2v) is 5.28. The Morgan fingerprint density at radius 1 is 1.30 bits per heavy atom. The zero-order valence-corrected chi connectivity index (χ0v) is 12.2. The lowest BCUT2D eigenvalue weighted by atomic mass is 10.2. The van der Waals surface area contributed by atoms with Crippen LogP contribution in [-0.4, -0.2) is 28.6 Å². The number of nitrogens with one attached hydrogen (secondary N) is 2. The van der Waals surface area contributed by atoms with Crippen LogP contribution in [0.25, 0.3) is 0 Å². The average Bonchev–Trinajstić information content (AvgIpc) is 2.89. The normalized spacial score (nSPS) is 10.1. The second-order valence-electron chi connectivity index (χ2n) is 3.60. The van der Waals surface area contributed by atoms with E-state index in [0.717, 1.165) is 0 Å². The molecule has 20 heavy (non-hydrogen) atoms. The summed E-state index contributed by atoms with van der Waals surface area (Å²) in [7, 11) is 0. The van der Waals surface area contributed by atoms with Crippen LogP contribution in [0, 0.1) is 0 Å². The summed E-state index contributed by atoms with van der Waals surface area (Å²) in [6, 6.07) is 4.49. The first-order chi connectivity index (χ1) is 9.56. The number of aromatic nitrogens is 2. The van der Waals surface area contributed by atoms with Gasteiger partial charge in [0.15, 0.2) is 0 Å². The second kappa shape index (κ2) is 6.65. The van der Waals surface area contributed by atoms with Crippen LogP contribution in [0.15, 0.2) is 23.7 Å². The van der Waals surface area contributed by atoms with Gasteiger partial charge < -0.3 is 5.32 Å². The molecule has 0 spiro atoms. The van der Waals surface area contributed by atoms with Crippen molar-refractivity contribution in [1.29, 1.82) is 0 Å². The van der Waals surface area contributed by atoms with Crippen molar-refractivity contribution in [3.8, 4) is 0 Å². The molecule has 1 heterocycles. The van der Waals surface area contributed by atoms with Crippen molar-refractivity contribution in [1.82, 2.24) is 15.5 Å². The van der Waals surface area contributed by atoms with Crippen LogP contribution in [0.3, 0.4) is 0 Å². The van der Waals surface area contributed by atoms with E-state index in [2.05, 4.69) is 20.8 Å². The molecular formula is C11H8Cl2N4O2S. The molecule has 0 bridgehead atoms. The van der Waals surface area contributed by atoms with E-state index in [1.54, 1.807) is 6.07 Å². The van der Waals surface area contributed by atoms with E-state index in [0.29, 0.717) is 10.2 Å². The number of amides is 2. The van der Waals surface area contributed by atoms with Crippen LogP contribution in [0.2, 0.25) is 10.0 Å². The highest BCUT2D eigenvalue weighted by Crippen LogP contribution is 2.20. The summed E-state index contributed by atoms with van der Waals surface area (Å²) < 4.78 is 0. The predicted octanol–water partition coefficient (Wildman–Crippen LogP) is 2.21. The van der Waals surface area contributed by atoms with Crippen LogP contribution in [0.1, 0.15) is 10.4 Å². The summed E-state index contributed by atoms with van der Waals surface area (Å²) in [6.07, 6.45) is 0. The van der Waals surface area contributed by atoms with Gasteiger partial charge in [0.1, 0.15) is 5.51 Å². The monoisotopic (exact) mass is 330 g/mol. The lowest BCUT2D eigenvalue weighted by molar-refractivity contribution is -0.115. The molecule has 0 aliphatic carbocycles. The van der Waals surface area contributed by atoms with E-state index in [-0.39, 0.29) is 17.1 Å². The highest BCUT2D eigenvalue weighted by atomic mass is 35.5. The zero-order chi connectivity index (χ0) is 14.5. The van der Waals surface area contributed by atoms with Gasteiger partial charge in [0, 0.05) is 5.02 Å². The van der Waals surface area contributed by atoms with E-state index in [4.69, 9.17) is 23.2 Å². The van der Waals surface area contributed by atoms with Gasteiger partial charge in [-0.25, -0.2) is 0 Å². The predicted molar refractivity (Wildman–Crippen MR) is 77.3 cm³/mol. The van der Waals surface area contributed by atoms with E-state index in [1.807, 2.05) is 0 Å². The van der Waals surface area contributed by atoms with Crippen molar-refractivity contribution >= 4 is 51.5 Å². The van der Waals surface area contributed by atoms with Gasteiger partial charge in [0.2, 0.25) is 11.0 Å². The molecule has 0 aliphatic heterocycles. The van der Waals surface area contributed by atoms with E-state index in [1.165, 1.54) is 29.0 Å². The molecule has 6 nitrogen and oxygen atoms in total. The van der Waals surface area contributed by atoms with Crippen LogP contribution < -0.4 is 10.6 Å². The topological polar surface area (TPSA) is 84.0 Å². The molecule has 2 aromatic rings. The quantitative estimate of drug-likeness (QED) is 0.900. The first-order valence-corrected chi connectivity index (χ1v) is 6.99. The maximum atomic E-state index is 11.8. The van der Waals surface area contributed by atoms with Crippen molar-refractivity contribution < 1.29 is 9.59 Å². The highest BCUT2D eigenvalue weighted by molar-refractivity contribution is 7.13. The molecule has 1 aromatic carbocycles. The Morgan fingerprint density at radius 3 is 2.75 bits per heavy atom. The summed E-state index contributed by atoms with van der Waals surface area (Å²) in [5.41, 5.74) is 1.74. The van der Waals surface area contributed by atoms with Gasteiger partial charge in [0.05, 0.1) is 17.1 Å². The maximum absolute atomic E-state index is 11.8. The summed E-state index contributed by atoms with van der Waals surface area (Å²) in [4.78, 5) is 23.4. The summed E-state index contributed by atoms with van der Waals surface area (Å²) in [5, 5.41) is 13.2. The summed E-state index contributed by atoms with van der Waals surface area (Å²) >= 11 is 12.8. The molecule has 104 valence electrons. The Morgan fingerprint density at radius 2 is 2.10 bits per heavy atom. The van der Waals surface area contributed by atoms with Crippen molar-refractivity contribution in [2.24, 2.45) is 0 Å². The number of halogens is 2. The number of nitrogens with zero attached hydrogens (tertiary/aromatic N) is 2. The number of hydrogen-bond donors (Lipinski definition) is 2. The Kier molecular flexibility index (Phi) is 4.89. The number of hydrogen-bond acceptors (Lipinski definition) is 5. The van der Waals surface area contributed by atoms with Gasteiger partial charge in [-0.2, -0.15) is 0 Å². The number of benzene rings is 1. The molecule has 0 saturated heterocycles. The number of rotatable bonds is 4. The minimum Gasteiger partial charge on any atom is -0.343 e. The standard InChI is InChI=1S/C11H8Cl2N4O2S/c12-6-1-2-7(8(13)3-6)10(19)14-4-9(18)16-11-17-15-5-20-11/h1-3,5H,4H2,(H,14,19)(H,16,17,18). The largest absolute Gasteiger partial charge is 0.343 e. The Balaban J connectivity index is 1.90. The molecule has 2 amide bonds. The molecule has 1 aromatic heterocycles. The molecule has 0 atom stereocenters. The molecule has 0 saturated carbocycles. The van der Waals surface area contributed by atoms with E-state index in [9.17, 15) is 9.59 Å². The van der Waals surface area contributed by atoms with E-state index >= 15 is 0 Å².